The van der Waals surface area contributed by atoms with Gasteiger partial charge in [0.25, 0.3) is 0 Å². The standard InChI is InChI=1S/C25H19ClF3N5O2/c1-14-9-16(11-18(10-14)36-2)22-19(15-5-7-30-8-6-15)13-31-23(33-22)34-24(35)32-17-3-4-21(26)20(12-17)25(27,28)29/h3-13H,1-2H3,(H2,31,32,33,34,35). The topological polar surface area (TPSA) is 89.0 Å². The third kappa shape index (κ3) is 5.72. The third-order valence-corrected chi connectivity index (χ3v) is 5.42. The molecule has 0 atom stereocenters. The van der Waals surface area contributed by atoms with Gasteiger partial charge in [-0.25, -0.2) is 14.8 Å². The molecule has 2 N–H and O–H groups in total. The van der Waals surface area contributed by atoms with Gasteiger partial charge < -0.3 is 10.1 Å². The fourth-order valence-electron chi connectivity index (χ4n) is 3.49. The number of amides is 2. The molecule has 11 heteroatoms. The van der Waals surface area contributed by atoms with Gasteiger partial charge in [-0.15, -0.1) is 0 Å². The maximum Gasteiger partial charge on any atom is 0.417 e. The fourth-order valence-corrected chi connectivity index (χ4v) is 3.72. The Morgan fingerprint density at radius 2 is 1.75 bits per heavy atom. The summed E-state index contributed by atoms with van der Waals surface area (Å²) in [5.74, 6) is 0.575. The number of halogens is 4. The molecule has 2 amide bonds. The zero-order valence-corrected chi connectivity index (χ0v) is 19.8. The summed E-state index contributed by atoms with van der Waals surface area (Å²) in [7, 11) is 1.56. The molecule has 0 aliphatic rings. The highest BCUT2D eigenvalue weighted by atomic mass is 35.5. The van der Waals surface area contributed by atoms with Crippen LogP contribution in [0.2, 0.25) is 5.02 Å². The summed E-state index contributed by atoms with van der Waals surface area (Å²) in [6, 6.07) is 11.4. The molecule has 2 heterocycles. The van der Waals surface area contributed by atoms with Crippen LogP contribution in [0.25, 0.3) is 22.4 Å². The maximum absolute atomic E-state index is 13.1. The van der Waals surface area contributed by atoms with Crippen LogP contribution in [0, 0.1) is 6.92 Å². The number of nitrogens with zero attached hydrogens (tertiary/aromatic N) is 3. The van der Waals surface area contributed by atoms with Crippen molar-refractivity contribution < 1.29 is 22.7 Å². The lowest BCUT2D eigenvalue weighted by Gasteiger charge is -2.14. The second kappa shape index (κ2) is 10.2. The molecule has 4 rings (SSSR count). The number of hydrogen-bond acceptors (Lipinski definition) is 5. The van der Waals surface area contributed by atoms with Crippen LogP contribution in [-0.4, -0.2) is 28.1 Å². The van der Waals surface area contributed by atoms with Crippen LogP contribution in [-0.2, 0) is 6.18 Å². The summed E-state index contributed by atoms with van der Waals surface area (Å²) in [5.41, 5.74) is 2.49. The number of aryl methyl sites for hydroxylation is 1. The number of aromatic nitrogens is 3. The quantitative estimate of drug-likeness (QED) is 0.305. The fraction of sp³-hybridized carbons (Fsp3) is 0.120. The van der Waals surface area contributed by atoms with Crippen LogP contribution in [0.4, 0.5) is 29.6 Å². The third-order valence-electron chi connectivity index (χ3n) is 5.10. The predicted octanol–water partition coefficient (Wildman–Crippen LogP) is 6.84. The molecule has 0 aliphatic carbocycles. The van der Waals surface area contributed by atoms with Crippen molar-refractivity contribution in [3.8, 4) is 28.1 Å². The molecule has 184 valence electrons. The summed E-state index contributed by atoms with van der Waals surface area (Å²) in [5, 5.41) is 4.34. The minimum Gasteiger partial charge on any atom is -0.497 e. The summed E-state index contributed by atoms with van der Waals surface area (Å²) in [6.07, 6.45) is 0.154. The molecular formula is C25H19ClF3N5O2. The van der Waals surface area contributed by atoms with Crippen molar-refractivity contribution in [2.45, 2.75) is 13.1 Å². The normalized spacial score (nSPS) is 11.2. The molecule has 0 bridgehead atoms. The minimum absolute atomic E-state index is 0.0502. The number of carbonyl (C=O) groups excluding carboxylic acids is 1. The first-order chi connectivity index (χ1) is 17.1. The Morgan fingerprint density at radius 1 is 1.00 bits per heavy atom. The van der Waals surface area contributed by atoms with E-state index in [1.165, 1.54) is 6.07 Å². The highest BCUT2D eigenvalue weighted by Gasteiger charge is 2.33. The SMILES string of the molecule is COc1cc(C)cc(-c2nc(NC(=O)Nc3ccc(Cl)c(C(F)(F)F)c3)ncc2-c2ccncc2)c1. The van der Waals surface area contributed by atoms with E-state index in [4.69, 9.17) is 16.3 Å². The van der Waals surface area contributed by atoms with Crippen LogP contribution in [0.3, 0.4) is 0 Å². The van der Waals surface area contributed by atoms with Gasteiger partial charge in [0.2, 0.25) is 5.95 Å². The smallest absolute Gasteiger partial charge is 0.417 e. The van der Waals surface area contributed by atoms with Crippen molar-refractivity contribution in [1.29, 1.82) is 0 Å². The van der Waals surface area contributed by atoms with Crippen molar-refractivity contribution in [3.63, 3.8) is 0 Å². The average molecular weight is 514 g/mol. The molecule has 0 radical (unpaired) electrons. The van der Waals surface area contributed by atoms with Crippen LogP contribution in [0.15, 0.2) is 67.1 Å². The molecule has 7 nitrogen and oxygen atoms in total. The molecule has 0 saturated carbocycles. The van der Waals surface area contributed by atoms with Crippen LogP contribution in [0.5, 0.6) is 5.75 Å². The van der Waals surface area contributed by atoms with Gasteiger partial charge in [0, 0.05) is 35.4 Å². The maximum atomic E-state index is 13.1. The number of nitrogens with one attached hydrogen (secondary N) is 2. The van der Waals surface area contributed by atoms with E-state index in [2.05, 4.69) is 25.6 Å². The van der Waals surface area contributed by atoms with Crippen LogP contribution < -0.4 is 15.4 Å². The number of ether oxygens (including phenoxy) is 1. The number of urea groups is 1. The Morgan fingerprint density at radius 3 is 2.44 bits per heavy atom. The van der Waals surface area contributed by atoms with Gasteiger partial charge in [0.05, 0.1) is 23.4 Å². The van der Waals surface area contributed by atoms with E-state index in [0.29, 0.717) is 17.0 Å². The lowest BCUT2D eigenvalue weighted by Crippen LogP contribution is -2.21. The van der Waals surface area contributed by atoms with Gasteiger partial charge in [0.1, 0.15) is 5.75 Å². The molecule has 4 aromatic rings. The lowest BCUT2D eigenvalue weighted by molar-refractivity contribution is -0.137. The molecule has 0 fully saturated rings. The summed E-state index contributed by atoms with van der Waals surface area (Å²) < 4.78 is 44.8. The van der Waals surface area contributed by atoms with E-state index in [-0.39, 0.29) is 11.6 Å². The van der Waals surface area contributed by atoms with Crippen molar-refractivity contribution in [3.05, 3.63) is 83.3 Å². The molecule has 0 aliphatic heterocycles. The number of alkyl halides is 3. The molecule has 2 aromatic carbocycles. The molecule has 0 saturated heterocycles. The van der Waals surface area contributed by atoms with E-state index >= 15 is 0 Å². The van der Waals surface area contributed by atoms with Gasteiger partial charge in [-0.05, 0) is 66.6 Å². The first-order valence-corrected chi connectivity index (χ1v) is 10.9. The summed E-state index contributed by atoms with van der Waals surface area (Å²) >= 11 is 5.64. The Balaban J connectivity index is 1.67. The highest BCUT2D eigenvalue weighted by molar-refractivity contribution is 6.31. The zero-order chi connectivity index (χ0) is 25.9. The summed E-state index contributed by atoms with van der Waals surface area (Å²) in [4.78, 5) is 25.3. The molecule has 0 spiro atoms. The first kappa shape index (κ1) is 24.9. The number of carbonyl (C=O) groups is 1. The Labute approximate surface area is 209 Å². The van der Waals surface area contributed by atoms with Gasteiger partial charge in [-0.1, -0.05) is 11.6 Å². The Kier molecular flexibility index (Phi) is 7.07. The zero-order valence-electron chi connectivity index (χ0n) is 19.0. The van der Waals surface area contributed by atoms with Crippen molar-refractivity contribution in [2.24, 2.45) is 0 Å². The van der Waals surface area contributed by atoms with Gasteiger partial charge in [0.15, 0.2) is 0 Å². The predicted molar refractivity (Wildman–Crippen MR) is 131 cm³/mol. The number of benzene rings is 2. The highest BCUT2D eigenvalue weighted by Crippen LogP contribution is 2.36. The Bertz CT molecular complexity index is 1410. The molecule has 36 heavy (non-hydrogen) atoms. The van der Waals surface area contributed by atoms with E-state index in [0.717, 1.165) is 28.8 Å². The molecular weight excluding hydrogens is 495 g/mol. The average Bonchev–Trinajstić information content (AvgIpc) is 2.84. The number of methoxy groups -OCH3 is 1. The van der Waals surface area contributed by atoms with Gasteiger partial charge in [-0.3, -0.25) is 10.3 Å². The summed E-state index contributed by atoms with van der Waals surface area (Å²) in [6.45, 7) is 1.91. The van der Waals surface area contributed by atoms with Crippen molar-refractivity contribution in [1.82, 2.24) is 15.0 Å². The van der Waals surface area contributed by atoms with Gasteiger partial charge >= 0.3 is 12.2 Å². The van der Waals surface area contributed by atoms with Crippen LogP contribution in [0.1, 0.15) is 11.1 Å². The largest absolute Gasteiger partial charge is 0.497 e. The van der Waals surface area contributed by atoms with Gasteiger partial charge in [-0.2, -0.15) is 13.2 Å². The number of anilines is 2. The van der Waals surface area contributed by atoms with E-state index in [9.17, 15) is 18.0 Å². The monoisotopic (exact) mass is 513 g/mol. The first-order valence-electron chi connectivity index (χ1n) is 10.5. The van der Waals surface area contributed by atoms with Crippen molar-refractivity contribution in [2.75, 3.05) is 17.7 Å². The van der Waals surface area contributed by atoms with E-state index in [1.54, 1.807) is 43.9 Å². The van der Waals surface area contributed by atoms with Crippen molar-refractivity contribution >= 4 is 29.3 Å². The molecule has 2 aromatic heterocycles. The minimum atomic E-state index is -4.67. The number of hydrogen-bond donors (Lipinski definition) is 2. The molecule has 0 unspecified atom stereocenters. The van der Waals surface area contributed by atoms with Crippen LogP contribution >= 0.6 is 11.6 Å². The van der Waals surface area contributed by atoms with E-state index in [1.807, 2.05) is 19.1 Å². The Hall–Kier alpha value is -4.18. The number of rotatable bonds is 5. The lowest BCUT2D eigenvalue weighted by atomic mass is 10.00. The number of pyridine rings is 1. The second-order valence-corrected chi connectivity index (χ2v) is 8.11. The second-order valence-electron chi connectivity index (χ2n) is 7.70. The van der Waals surface area contributed by atoms with E-state index < -0.39 is 22.8 Å².